The van der Waals surface area contributed by atoms with Crippen LogP contribution in [0.1, 0.15) is 5.56 Å². The third-order valence-corrected chi connectivity index (χ3v) is 7.80. The Kier molecular flexibility index (Phi) is 5.08. The Labute approximate surface area is 137 Å². The zero-order valence-electron chi connectivity index (χ0n) is 9.36. The summed E-state index contributed by atoms with van der Waals surface area (Å²) in [4.78, 5) is 0. The molecule has 0 amide bonds. The number of hydrogen-bond donors (Lipinski definition) is 1. The highest BCUT2D eigenvalue weighted by molar-refractivity contribution is 9.13. The van der Waals surface area contributed by atoms with Crippen molar-refractivity contribution in [2.24, 2.45) is 0 Å². The average molecular weight is 446 g/mol. The average Bonchev–Trinajstić information content (AvgIpc) is 2.70. The Morgan fingerprint density at radius 1 is 1.26 bits per heavy atom. The van der Waals surface area contributed by atoms with E-state index >= 15 is 0 Å². The van der Waals surface area contributed by atoms with Crippen molar-refractivity contribution in [3.05, 3.63) is 49.2 Å². The molecule has 2 aromatic rings. The molecule has 0 radical (unpaired) electrons. The summed E-state index contributed by atoms with van der Waals surface area (Å²) in [5.74, 6) is 0. The van der Waals surface area contributed by atoms with Crippen molar-refractivity contribution in [1.82, 2.24) is 4.72 Å². The molecule has 1 aromatic carbocycles. The lowest BCUT2D eigenvalue weighted by atomic mass is 10.2. The molecule has 0 aliphatic heterocycles. The topological polar surface area (TPSA) is 46.2 Å². The number of sulfonamides is 1. The van der Waals surface area contributed by atoms with Crippen LogP contribution in [-0.4, -0.2) is 8.42 Å². The maximum atomic E-state index is 12.1. The Balaban J connectivity index is 2.17. The van der Waals surface area contributed by atoms with Gasteiger partial charge < -0.3 is 0 Å². The lowest BCUT2D eigenvalue weighted by Gasteiger charge is -2.06. The first-order valence-corrected chi connectivity index (χ1v) is 9.34. The van der Waals surface area contributed by atoms with E-state index in [-0.39, 0.29) is 10.8 Å². The molecule has 2 rings (SSSR count). The van der Waals surface area contributed by atoms with Crippen LogP contribution in [-0.2, 0) is 16.6 Å². The minimum absolute atomic E-state index is 0.162. The fraction of sp³-hybridized carbons (Fsp3) is 0.0909. The van der Waals surface area contributed by atoms with Crippen LogP contribution in [0.25, 0.3) is 0 Å². The number of halogens is 3. The van der Waals surface area contributed by atoms with Gasteiger partial charge in [0.1, 0.15) is 4.21 Å². The van der Waals surface area contributed by atoms with Crippen LogP contribution in [0.3, 0.4) is 0 Å². The van der Waals surface area contributed by atoms with E-state index in [0.717, 1.165) is 25.2 Å². The van der Waals surface area contributed by atoms with Crippen molar-refractivity contribution in [2.45, 2.75) is 10.8 Å². The molecular formula is C11H8Br2ClNO2S2. The molecule has 1 N–H and O–H groups in total. The van der Waals surface area contributed by atoms with Crippen LogP contribution in [0.4, 0.5) is 0 Å². The molecule has 19 heavy (non-hydrogen) atoms. The second kappa shape index (κ2) is 6.24. The van der Waals surface area contributed by atoms with Crippen molar-refractivity contribution in [3.63, 3.8) is 0 Å². The van der Waals surface area contributed by atoms with Gasteiger partial charge in [-0.15, -0.1) is 11.3 Å². The van der Waals surface area contributed by atoms with Crippen LogP contribution in [0.15, 0.2) is 42.8 Å². The van der Waals surface area contributed by atoms with Gasteiger partial charge in [0.2, 0.25) is 10.0 Å². The van der Waals surface area contributed by atoms with Gasteiger partial charge in [0.25, 0.3) is 0 Å². The fourth-order valence-corrected chi connectivity index (χ4v) is 5.42. The standard InChI is InChI=1S/C11H8Br2ClNO2S2/c12-8-5-10(18-11(8)13)19(16,17)15-6-7-3-1-2-4-9(7)14/h1-5,15H,6H2. The summed E-state index contributed by atoms with van der Waals surface area (Å²) in [6.07, 6.45) is 0. The smallest absolute Gasteiger partial charge is 0.206 e. The Hall–Kier alpha value is 0.0800. The van der Waals surface area contributed by atoms with Gasteiger partial charge >= 0.3 is 0 Å². The summed E-state index contributed by atoms with van der Waals surface area (Å²) in [7, 11) is -3.53. The maximum Gasteiger partial charge on any atom is 0.250 e. The fourth-order valence-electron chi connectivity index (χ4n) is 1.34. The third-order valence-electron chi connectivity index (χ3n) is 2.30. The minimum atomic E-state index is -3.53. The predicted molar refractivity (Wildman–Crippen MR) is 85.2 cm³/mol. The molecule has 1 aromatic heterocycles. The molecule has 8 heteroatoms. The van der Waals surface area contributed by atoms with Gasteiger partial charge in [0, 0.05) is 16.0 Å². The Morgan fingerprint density at radius 2 is 1.95 bits per heavy atom. The lowest BCUT2D eigenvalue weighted by Crippen LogP contribution is -2.22. The van der Waals surface area contributed by atoms with Crippen LogP contribution >= 0.6 is 54.8 Å². The lowest BCUT2D eigenvalue weighted by molar-refractivity contribution is 0.583. The SMILES string of the molecule is O=S(=O)(NCc1ccccc1Cl)c1cc(Br)c(Br)s1. The molecular weight excluding hydrogens is 438 g/mol. The Bertz CT molecular complexity index is 681. The first kappa shape index (κ1) is 15.5. The molecule has 0 aliphatic rings. The minimum Gasteiger partial charge on any atom is -0.206 e. The first-order valence-electron chi connectivity index (χ1n) is 5.08. The summed E-state index contributed by atoms with van der Waals surface area (Å²) in [6, 6.07) is 8.68. The number of nitrogens with one attached hydrogen (secondary N) is 1. The van der Waals surface area contributed by atoms with E-state index in [0.29, 0.717) is 5.02 Å². The molecule has 0 atom stereocenters. The van der Waals surface area contributed by atoms with E-state index in [4.69, 9.17) is 11.6 Å². The van der Waals surface area contributed by atoms with Crippen molar-refractivity contribution >= 4 is 64.8 Å². The van der Waals surface area contributed by atoms with Crippen molar-refractivity contribution < 1.29 is 8.42 Å². The van der Waals surface area contributed by atoms with Crippen LogP contribution in [0.2, 0.25) is 5.02 Å². The number of benzene rings is 1. The van der Waals surface area contributed by atoms with Crippen LogP contribution < -0.4 is 4.72 Å². The van der Waals surface area contributed by atoms with E-state index in [1.165, 1.54) is 0 Å². The molecule has 0 saturated heterocycles. The highest BCUT2D eigenvalue weighted by Gasteiger charge is 2.18. The first-order chi connectivity index (χ1) is 8.90. The molecule has 0 spiro atoms. The maximum absolute atomic E-state index is 12.1. The number of hydrogen-bond acceptors (Lipinski definition) is 3. The quantitative estimate of drug-likeness (QED) is 0.758. The van der Waals surface area contributed by atoms with Gasteiger partial charge in [-0.2, -0.15) is 0 Å². The number of thiophene rings is 1. The molecule has 102 valence electrons. The van der Waals surface area contributed by atoms with Gasteiger partial charge in [0.05, 0.1) is 3.79 Å². The third kappa shape index (κ3) is 3.80. The monoisotopic (exact) mass is 443 g/mol. The van der Waals surface area contributed by atoms with E-state index in [1.54, 1.807) is 24.3 Å². The van der Waals surface area contributed by atoms with Crippen molar-refractivity contribution in [3.8, 4) is 0 Å². The van der Waals surface area contributed by atoms with Gasteiger partial charge in [-0.1, -0.05) is 29.8 Å². The van der Waals surface area contributed by atoms with Crippen LogP contribution in [0, 0.1) is 0 Å². The van der Waals surface area contributed by atoms with E-state index in [1.807, 2.05) is 6.07 Å². The van der Waals surface area contributed by atoms with E-state index < -0.39 is 10.0 Å². The number of rotatable bonds is 4. The van der Waals surface area contributed by atoms with E-state index in [9.17, 15) is 8.42 Å². The second-order valence-electron chi connectivity index (χ2n) is 3.60. The molecule has 0 bridgehead atoms. The van der Waals surface area contributed by atoms with Gasteiger partial charge in [-0.3, -0.25) is 0 Å². The molecule has 1 heterocycles. The summed E-state index contributed by atoms with van der Waals surface area (Å²) in [5, 5.41) is 0.541. The summed E-state index contributed by atoms with van der Waals surface area (Å²) in [6.45, 7) is 0.162. The van der Waals surface area contributed by atoms with Crippen molar-refractivity contribution in [2.75, 3.05) is 0 Å². The van der Waals surface area contributed by atoms with Gasteiger partial charge in [-0.05, 0) is 49.6 Å². The molecule has 0 saturated carbocycles. The van der Waals surface area contributed by atoms with Gasteiger partial charge in [0.15, 0.2) is 0 Å². The molecule has 0 fully saturated rings. The summed E-state index contributed by atoms with van der Waals surface area (Å²) >= 11 is 13.7. The molecule has 3 nitrogen and oxygen atoms in total. The van der Waals surface area contributed by atoms with Gasteiger partial charge in [-0.25, -0.2) is 13.1 Å². The van der Waals surface area contributed by atoms with Crippen molar-refractivity contribution in [1.29, 1.82) is 0 Å². The Morgan fingerprint density at radius 3 is 2.53 bits per heavy atom. The highest BCUT2D eigenvalue weighted by atomic mass is 79.9. The summed E-state index contributed by atoms with van der Waals surface area (Å²) in [5.41, 5.74) is 0.738. The van der Waals surface area contributed by atoms with Crippen LogP contribution in [0.5, 0.6) is 0 Å². The van der Waals surface area contributed by atoms with E-state index in [2.05, 4.69) is 36.6 Å². The zero-order chi connectivity index (χ0) is 14.0. The predicted octanol–water partition coefficient (Wildman–Crippen LogP) is 4.41. The normalized spacial score (nSPS) is 11.7. The molecule has 0 unspecified atom stereocenters. The summed E-state index contributed by atoms with van der Waals surface area (Å²) < 4.78 is 28.4. The largest absolute Gasteiger partial charge is 0.250 e. The second-order valence-corrected chi connectivity index (χ2v) is 9.23. The zero-order valence-corrected chi connectivity index (χ0v) is 14.9. The molecule has 0 aliphatic carbocycles. The highest BCUT2D eigenvalue weighted by Crippen LogP contribution is 2.34.